The van der Waals surface area contributed by atoms with E-state index < -0.39 is 0 Å². The maximum absolute atomic E-state index is 13.4. The molecule has 0 saturated carbocycles. The number of nitrogens with zero attached hydrogens (tertiary/aromatic N) is 1. The number of allylic oxidation sites excluding steroid dienone is 2. The van der Waals surface area contributed by atoms with Gasteiger partial charge in [-0.05, 0) is 84.9 Å². The molecule has 146 valence electrons. The molecule has 0 spiro atoms. The third-order valence-corrected chi connectivity index (χ3v) is 6.65. The summed E-state index contributed by atoms with van der Waals surface area (Å²) in [6.07, 6.45) is 2.96. The predicted molar refractivity (Wildman–Crippen MR) is 112 cm³/mol. The van der Waals surface area contributed by atoms with Crippen molar-refractivity contribution in [1.82, 2.24) is 5.32 Å². The van der Waals surface area contributed by atoms with Crippen LogP contribution < -0.4 is 10.1 Å². The van der Waals surface area contributed by atoms with Gasteiger partial charge in [0.25, 0.3) is 0 Å². The van der Waals surface area contributed by atoms with Gasteiger partial charge in [0.05, 0.1) is 11.6 Å². The number of ketones is 1. The summed E-state index contributed by atoms with van der Waals surface area (Å²) in [5, 5.41) is 12.6. The van der Waals surface area contributed by atoms with E-state index in [1.807, 2.05) is 24.3 Å². The molecule has 4 nitrogen and oxygen atoms in total. The summed E-state index contributed by atoms with van der Waals surface area (Å²) in [7, 11) is 0. The zero-order chi connectivity index (χ0) is 20.2. The van der Waals surface area contributed by atoms with Gasteiger partial charge in [0.15, 0.2) is 5.78 Å². The van der Waals surface area contributed by atoms with E-state index in [1.165, 1.54) is 0 Å². The zero-order valence-corrected chi connectivity index (χ0v) is 16.8. The molecule has 1 saturated heterocycles. The number of fused-ring (bicyclic) bond motifs is 3. The van der Waals surface area contributed by atoms with Gasteiger partial charge >= 0.3 is 0 Å². The average molecular weight is 384 g/mol. The van der Waals surface area contributed by atoms with E-state index >= 15 is 0 Å². The second kappa shape index (κ2) is 6.57. The maximum Gasteiger partial charge on any atom is 0.193 e. The Kier molecular flexibility index (Phi) is 4.11. The lowest BCUT2D eigenvalue weighted by molar-refractivity contribution is 0.105. The highest BCUT2D eigenvalue weighted by molar-refractivity contribution is 6.33. The normalized spacial score (nSPS) is 20.0. The molecule has 1 heterocycles. The number of nitriles is 1. The van der Waals surface area contributed by atoms with E-state index in [-0.39, 0.29) is 17.3 Å². The van der Waals surface area contributed by atoms with Crippen LogP contribution in [0.2, 0.25) is 0 Å². The van der Waals surface area contributed by atoms with Crippen LogP contribution in [0.4, 0.5) is 0 Å². The summed E-state index contributed by atoms with van der Waals surface area (Å²) >= 11 is 0. The SMILES string of the molecule is CC1(C)C2=C(C(=O)c3ccc(OC4CCNCC4)cc31)c1ccc(C#N)cc1C2. The molecule has 5 rings (SSSR count). The lowest BCUT2D eigenvalue weighted by atomic mass is 9.68. The molecule has 29 heavy (non-hydrogen) atoms. The highest BCUT2D eigenvalue weighted by atomic mass is 16.5. The van der Waals surface area contributed by atoms with E-state index in [1.54, 1.807) is 6.07 Å². The van der Waals surface area contributed by atoms with Gasteiger partial charge in [-0.15, -0.1) is 0 Å². The Morgan fingerprint density at radius 1 is 1.10 bits per heavy atom. The number of ether oxygens (including phenoxy) is 1. The fraction of sp³-hybridized carbons (Fsp3) is 0.360. The van der Waals surface area contributed by atoms with Crippen molar-refractivity contribution in [3.63, 3.8) is 0 Å². The number of Topliss-reactive ketones (excluding diaryl/α,β-unsaturated/α-hetero) is 1. The first kappa shape index (κ1) is 18.1. The quantitative estimate of drug-likeness (QED) is 0.844. The Hall–Kier alpha value is -2.90. The zero-order valence-electron chi connectivity index (χ0n) is 16.8. The molecular formula is C25H24N2O2. The molecule has 0 atom stereocenters. The number of benzene rings is 2. The number of hydrogen-bond donors (Lipinski definition) is 1. The Bertz CT molecular complexity index is 1100. The molecule has 1 aliphatic heterocycles. The highest BCUT2D eigenvalue weighted by Crippen LogP contribution is 2.50. The molecule has 0 aromatic heterocycles. The molecular weight excluding hydrogens is 360 g/mol. The van der Waals surface area contributed by atoms with Crippen LogP contribution in [-0.2, 0) is 11.8 Å². The Morgan fingerprint density at radius 3 is 2.62 bits per heavy atom. The van der Waals surface area contributed by atoms with Crippen LogP contribution in [0, 0.1) is 11.3 Å². The largest absolute Gasteiger partial charge is 0.490 e. The first-order valence-corrected chi connectivity index (χ1v) is 10.3. The molecule has 0 radical (unpaired) electrons. The van der Waals surface area contributed by atoms with Crippen LogP contribution in [0.15, 0.2) is 42.0 Å². The molecule has 0 amide bonds. The molecule has 3 aliphatic rings. The van der Waals surface area contributed by atoms with Crippen LogP contribution in [-0.4, -0.2) is 25.0 Å². The van der Waals surface area contributed by atoms with Gasteiger partial charge in [-0.1, -0.05) is 19.9 Å². The first-order valence-electron chi connectivity index (χ1n) is 10.3. The Balaban J connectivity index is 1.54. The van der Waals surface area contributed by atoms with Crippen LogP contribution in [0.1, 0.15) is 59.3 Å². The lowest BCUT2D eigenvalue weighted by Crippen LogP contribution is -2.34. The van der Waals surface area contributed by atoms with Gasteiger partial charge in [0, 0.05) is 16.6 Å². The minimum Gasteiger partial charge on any atom is -0.490 e. The summed E-state index contributed by atoms with van der Waals surface area (Å²) in [5.41, 5.74) is 6.23. The summed E-state index contributed by atoms with van der Waals surface area (Å²) in [4.78, 5) is 13.4. The second-order valence-corrected chi connectivity index (χ2v) is 8.74. The lowest BCUT2D eigenvalue weighted by Gasteiger charge is -2.35. The molecule has 1 fully saturated rings. The number of carbonyl (C=O) groups excluding carboxylic acids is 1. The van der Waals surface area contributed by atoms with Crippen molar-refractivity contribution in [3.05, 3.63) is 69.8 Å². The topological polar surface area (TPSA) is 62.1 Å². The minimum absolute atomic E-state index is 0.0891. The smallest absolute Gasteiger partial charge is 0.193 e. The fourth-order valence-corrected chi connectivity index (χ4v) is 5.00. The summed E-state index contributed by atoms with van der Waals surface area (Å²) in [6, 6.07) is 13.8. The van der Waals surface area contributed by atoms with Gasteiger partial charge in [-0.2, -0.15) is 5.26 Å². The second-order valence-electron chi connectivity index (χ2n) is 8.74. The van der Waals surface area contributed by atoms with Gasteiger partial charge < -0.3 is 10.1 Å². The van der Waals surface area contributed by atoms with Crippen LogP contribution in [0.3, 0.4) is 0 Å². The number of rotatable bonds is 2. The molecule has 1 N–H and O–H groups in total. The van der Waals surface area contributed by atoms with Crippen LogP contribution in [0.25, 0.3) is 5.57 Å². The summed E-state index contributed by atoms with van der Waals surface area (Å²) in [5.74, 6) is 0.939. The first-order chi connectivity index (χ1) is 14.0. The van der Waals surface area contributed by atoms with Gasteiger partial charge in [0.1, 0.15) is 11.9 Å². The maximum atomic E-state index is 13.4. The van der Waals surface area contributed by atoms with Crippen LogP contribution in [0.5, 0.6) is 5.75 Å². The van der Waals surface area contributed by atoms with E-state index in [9.17, 15) is 10.1 Å². The van der Waals surface area contributed by atoms with Crippen molar-refractivity contribution in [2.75, 3.05) is 13.1 Å². The molecule has 0 unspecified atom stereocenters. The van der Waals surface area contributed by atoms with Crippen LogP contribution >= 0.6 is 0 Å². The molecule has 2 aliphatic carbocycles. The van der Waals surface area contributed by atoms with Crippen molar-refractivity contribution in [1.29, 1.82) is 5.26 Å². The minimum atomic E-state index is -0.266. The molecule has 2 aromatic rings. The van der Waals surface area contributed by atoms with Gasteiger partial charge in [0.2, 0.25) is 0 Å². The molecule has 0 bridgehead atoms. The third-order valence-electron chi connectivity index (χ3n) is 6.65. The van der Waals surface area contributed by atoms with E-state index in [2.05, 4.69) is 31.3 Å². The van der Waals surface area contributed by atoms with Crippen molar-refractivity contribution < 1.29 is 9.53 Å². The average Bonchev–Trinajstić information content (AvgIpc) is 3.13. The Morgan fingerprint density at radius 2 is 1.86 bits per heavy atom. The van der Waals surface area contributed by atoms with E-state index in [4.69, 9.17) is 4.74 Å². The summed E-state index contributed by atoms with van der Waals surface area (Å²) in [6.45, 7) is 6.36. The highest BCUT2D eigenvalue weighted by Gasteiger charge is 2.43. The monoisotopic (exact) mass is 384 g/mol. The van der Waals surface area contributed by atoms with E-state index in [0.717, 1.165) is 71.5 Å². The van der Waals surface area contributed by atoms with Gasteiger partial charge in [-0.3, -0.25) is 4.79 Å². The van der Waals surface area contributed by atoms with Crippen molar-refractivity contribution in [2.45, 2.75) is 44.6 Å². The number of piperidine rings is 1. The third kappa shape index (κ3) is 2.81. The molecule has 4 heteroatoms. The summed E-state index contributed by atoms with van der Waals surface area (Å²) < 4.78 is 6.25. The van der Waals surface area contributed by atoms with Crippen molar-refractivity contribution in [2.24, 2.45) is 0 Å². The number of carbonyl (C=O) groups is 1. The van der Waals surface area contributed by atoms with E-state index in [0.29, 0.717) is 5.56 Å². The number of nitrogens with one attached hydrogen (secondary N) is 1. The molecule has 2 aromatic carbocycles. The Labute approximate surface area is 171 Å². The number of hydrogen-bond acceptors (Lipinski definition) is 4. The van der Waals surface area contributed by atoms with Gasteiger partial charge in [-0.25, -0.2) is 0 Å². The fourth-order valence-electron chi connectivity index (χ4n) is 5.00. The van der Waals surface area contributed by atoms with Crippen molar-refractivity contribution >= 4 is 11.4 Å². The standard InChI is InChI=1S/C25H24N2O2/c1-25(2)21-13-18(29-17-7-9-27-10-8-17)4-6-20(21)24(28)23-19-5-3-15(14-26)11-16(19)12-22(23)25/h3-6,11,13,17,27H,7-10,12H2,1-2H3. The predicted octanol–water partition coefficient (Wildman–Crippen LogP) is 4.17. The van der Waals surface area contributed by atoms with Crippen molar-refractivity contribution in [3.8, 4) is 11.8 Å².